The molecule has 0 amide bonds. The first-order chi connectivity index (χ1) is 9.30. The van der Waals surface area contributed by atoms with Crippen LogP contribution in [0.1, 0.15) is 22.8 Å². The van der Waals surface area contributed by atoms with Crippen LogP contribution in [0.15, 0.2) is 36.7 Å². The first-order valence-corrected chi connectivity index (χ1v) is 5.55. The van der Waals surface area contributed by atoms with E-state index in [2.05, 4.69) is 4.98 Å². The fourth-order valence-corrected chi connectivity index (χ4v) is 1.76. The maximum atomic E-state index is 13.2. The molecular weight excluding hydrogens is 276 g/mol. The van der Waals surface area contributed by atoms with Crippen molar-refractivity contribution in [1.29, 1.82) is 0 Å². The summed E-state index contributed by atoms with van der Waals surface area (Å²) in [6, 6.07) is 3.70. The normalized spacial score (nSPS) is 13.2. The number of aliphatic hydroxyl groups excluding tert-OH is 1. The zero-order chi connectivity index (χ0) is 14.9. The molecule has 0 saturated heterocycles. The summed E-state index contributed by atoms with van der Waals surface area (Å²) in [5.74, 6) is -1.40. The van der Waals surface area contributed by atoms with Crippen LogP contribution in [-0.4, -0.2) is 10.1 Å². The van der Waals surface area contributed by atoms with Gasteiger partial charge in [0.25, 0.3) is 0 Å². The van der Waals surface area contributed by atoms with Gasteiger partial charge in [-0.2, -0.15) is 13.2 Å². The maximum Gasteiger partial charge on any atom is 0.419 e. The number of aliphatic hydroxyl groups is 1. The Kier molecular flexibility index (Phi) is 3.63. The summed E-state index contributed by atoms with van der Waals surface area (Å²) in [7, 11) is 0. The molecule has 0 fully saturated rings. The minimum absolute atomic E-state index is 0.113. The Bertz CT molecular complexity index is 628. The van der Waals surface area contributed by atoms with E-state index in [1.54, 1.807) is 0 Å². The molecule has 3 nitrogen and oxygen atoms in total. The third kappa shape index (κ3) is 2.72. The van der Waals surface area contributed by atoms with E-state index in [9.17, 15) is 22.7 Å². The minimum Gasteiger partial charge on any atom is -0.398 e. The van der Waals surface area contributed by atoms with Crippen LogP contribution < -0.4 is 5.73 Å². The lowest BCUT2D eigenvalue weighted by atomic mass is 9.99. The molecule has 20 heavy (non-hydrogen) atoms. The van der Waals surface area contributed by atoms with Crippen molar-refractivity contribution in [3.05, 3.63) is 59.2 Å². The molecule has 106 valence electrons. The van der Waals surface area contributed by atoms with E-state index in [1.165, 1.54) is 18.5 Å². The molecule has 0 aliphatic carbocycles. The number of nitrogens with two attached hydrogens (primary N) is 1. The first-order valence-electron chi connectivity index (χ1n) is 5.55. The highest BCUT2D eigenvalue weighted by molar-refractivity contribution is 5.49. The molecule has 1 atom stereocenters. The number of hydrogen-bond acceptors (Lipinski definition) is 3. The summed E-state index contributed by atoms with van der Waals surface area (Å²) in [5, 5.41) is 10.0. The Morgan fingerprint density at radius 2 is 1.90 bits per heavy atom. The van der Waals surface area contributed by atoms with Gasteiger partial charge in [0.05, 0.1) is 5.56 Å². The lowest BCUT2D eigenvalue weighted by Gasteiger charge is -2.15. The van der Waals surface area contributed by atoms with Crippen LogP contribution >= 0.6 is 0 Å². The molecular formula is C13H10F4N2O. The average molecular weight is 286 g/mol. The SMILES string of the molecule is Nc1ccncc1C(O)c1ccc(F)c(C(F)(F)F)c1. The molecule has 0 radical (unpaired) electrons. The summed E-state index contributed by atoms with van der Waals surface area (Å²) in [6.45, 7) is 0. The van der Waals surface area contributed by atoms with Crippen molar-refractivity contribution < 1.29 is 22.7 Å². The lowest BCUT2D eigenvalue weighted by molar-refractivity contribution is -0.140. The molecule has 0 saturated carbocycles. The Labute approximate surface area is 111 Å². The maximum absolute atomic E-state index is 13.2. The molecule has 0 aliphatic heterocycles. The van der Waals surface area contributed by atoms with E-state index in [0.717, 1.165) is 6.07 Å². The number of aromatic nitrogens is 1. The molecule has 2 aromatic rings. The second-order valence-electron chi connectivity index (χ2n) is 4.14. The molecule has 2 rings (SSSR count). The molecule has 3 N–H and O–H groups in total. The molecule has 1 unspecified atom stereocenters. The van der Waals surface area contributed by atoms with Gasteiger partial charge in [0.1, 0.15) is 11.9 Å². The number of rotatable bonds is 2. The summed E-state index contributed by atoms with van der Waals surface area (Å²) < 4.78 is 51.0. The Balaban J connectivity index is 2.46. The third-order valence-electron chi connectivity index (χ3n) is 2.79. The minimum atomic E-state index is -4.83. The van der Waals surface area contributed by atoms with Crippen LogP contribution in [-0.2, 0) is 6.18 Å². The molecule has 7 heteroatoms. The molecule has 1 heterocycles. The lowest BCUT2D eigenvalue weighted by Crippen LogP contribution is -2.11. The summed E-state index contributed by atoms with van der Waals surface area (Å²) >= 11 is 0. The van der Waals surface area contributed by atoms with Crippen molar-refractivity contribution in [1.82, 2.24) is 4.98 Å². The van der Waals surface area contributed by atoms with Crippen molar-refractivity contribution in [3.8, 4) is 0 Å². The van der Waals surface area contributed by atoms with Crippen LogP contribution in [0, 0.1) is 5.82 Å². The van der Waals surface area contributed by atoms with Crippen LogP contribution in [0.2, 0.25) is 0 Å². The van der Waals surface area contributed by atoms with Gasteiger partial charge in [-0.15, -0.1) is 0 Å². The molecule has 1 aromatic heterocycles. The van der Waals surface area contributed by atoms with Crippen molar-refractivity contribution in [2.45, 2.75) is 12.3 Å². The number of hydrogen-bond donors (Lipinski definition) is 2. The van der Waals surface area contributed by atoms with Crippen molar-refractivity contribution >= 4 is 5.69 Å². The highest BCUT2D eigenvalue weighted by atomic mass is 19.4. The predicted molar refractivity (Wildman–Crippen MR) is 64.1 cm³/mol. The second-order valence-corrected chi connectivity index (χ2v) is 4.14. The summed E-state index contributed by atoms with van der Waals surface area (Å²) in [6.07, 6.45) is -3.61. The fraction of sp³-hybridized carbons (Fsp3) is 0.154. The number of anilines is 1. The molecule has 0 bridgehead atoms. The van der Waals surface area contributed by atoms with E-state index < -0.39 is 23.7 Å². The van der Waals surface area contributed by atoms with Gasteiger partial charge in [-0.1, -0.05) is 6.07 Å². The largest absolute Gasteiger partial charge is 0.419 e. The highest BCUT2D eigenvalue weighted by Gasteiger charge is 2.34. The van der Waals surface area contributed by atoms with E-state index in [0.29, 0.717) is 12.1 Å². The third-order valence-corrected chi connectivity index (χ3v) is 2.79. The molecule has 0 aliphatic rings. The van der Waals surface area contributed by atoms with E-state index in [1.807, 2.05) is 0 Å². The summed E-state index contributed by atoms with van der Waals surface area (Å²) in [4.78, 5) is 3.74. The van der Waals surface area contributed by atoms with E-state index in [4.69, 9.17) is 5.73 Å². The van der Waals surface area contributed by atoms with Gasteiger partial charge in [-0.05, 0) is 23.8 Å². The van der Waals surface area contributed by atoms with Crippen LogP contribution in [0.4, 0.5) is 23.2 Å². The Hall–Kier alpha value is -2.15. The molecule has 1 aromatic carbocycles. The zero-order valence-corrected chi connectivity index (χ0v) is 10.0. The zero-order valence-electron chi connectivity index (χ0n) is 10.0. The number of pyridine rings is 1. The van der Waals surface area contributed by atoms with Gasteiger partial charge in [0.15, 0.2) is 0 Å². The Morgan fingerprint density at radius 3 is 2.50 bits per heavy atom. The second kappa shape index (κ2) is 5.09. The first kappa shape index (κ1) is 14.3. The van der Waals surface area contributed by atoms with Gasteiger partial charge >= 0.3 is 6.18 Å². The summed E-state index contributed by atoms with van der Waals surface area (Å²) in [5.41, 5.74) is 4.41. The van der Waals surface area contributed by atoms with Crippen LogP contribution in [0.3, 0.4) is 0 Å². The number of alkyl halides is 3. The quantitative estimate of drug-likeness (QED) is 0.834. The van der Waals surface area contributed by atoms with Crippen molar-refractivity contribution in [3.63, 3.8) is 0 Å². The topological polar surface area (TPSA) is 59.1 Å². The van der Waals surface area contributed by atoms with Crippen molar-refractivity contribution in [2.24, 2.45) is 0 Å². The van der Waals surface area contributed by atoms with Gasteiger partial charge in [-0.3, -0.25) is 4.98 Å². The molecule has 0 spiro atoms. The van der Waals surface area contributed by atoms with E-state index in [-0.39, 0.29) is 16.8 Å². The number of benzene rings is 1. The smallest absolute Gasteiger partial charge is 0.398 e. The average Bonchev–Trinajstić information content (AvgIpc) is 2.37. The number of nitrogens with zero attached hydrogens (tertiary/aromatic N) is 1. The van der Waals surface area contributed by atoms with Gasteiger partial charge < -0.3 is 10.8 Å². The van der Waals surface area contributed by atoms with Crippen molar-refractivity contribution in [2.75, 3.05) is 5.73 Å². The van der Waals surface area contributed by atoms with Gasteiger partial charge in [0.2, 0.25) is 0 Å². The Morgan fingerprint density at radius 1 is 1.20 bits per heavy atom. The number of nitrogen functional groups attached to an aromatic ring is 1. The number of halogens is 4. The monoisotopic (exact) mass is 286 g/mol. The highest BCUT2D eigenvalue weighted by Crippen LogP contribution is 2.34. The van der Waals surface area contributed by atoms with Crippen LogP contribution in [0.25, 0.3) is 0 Å². The van der Waals surface area contributed by atoms with Gasteiger partial charge in [0, 0.05) is 23.6 Å². The van der Waals surface area contributed by atoms with Gasteiger partial charge in [-0.25, -0.2) is 4.39 Å². The van der Waals surface area contributed by atoms with Crippen LogP contribution in [0.5, 0.6) is 0 Å². The fourth-order valence-electron chi connectivity index (χ4n) is 1.76. The predicted octanol–water partition coefficient (Wildman–Crippen LogP) is 2.90. The van der Waals surface area contributed by atoms with E-state index >= 15 is 0 Å². The standard InChI is InChI=1S/C13H10F4N2O/c14-10-2-1-7(5-9(10)13(15,16)17)12(20)8-6-19-4-3-11(8)18/h1-6,12,20H,(H2,18,19).